The monoisotopic (exact) mass is 287 g/mol. The van der Waals surface area contributed by atoms with Crippen LogP contribution in [0.25, 0.3) is 0 Å². The molecule has 1 amide bonds. The molecule has 0 aliphatic rings. The van der Waals surface area contributed by atoms with Crippen molar-refractivity contribution in [1.29, 1.82) is 0 Å². The van der Waals surface area contributed by atoms with Crippen LogP contribution in [0.4, 0.5) is 4.79 Å². The molecule has 0 aromatic heterocycles. The summed E-state index contributed by atoms with van der Waals surface area (Å²) in [4.78, 5) is 22.5. The third-order valence-electron chi connectivity index (χ3n) is 2.08. The fourth-order valence-electron chi connectivity index (χ4n) is 1.27. The molecule has 1 atom stereocenters. The first-order valence-electron chi connectivity index (χ1n) is 5.92. The highest BCUT2D eigenvalue weighted by Crippen LogP contribution is 2.13. The van der Waals surface area contributed by atoms with Crippen molar-refractivity contribution in [3.8, 4) is 0 Å². The smallest absolute Gasteiger partial charge is 0.305 e. The molecule has 0 saturated carbocycles. The molecule has 0 unspecified atom stereocenters. The van der Waals surface area contributed by atoms with Gasteiger partial charge in [-0.25, -0.2) is 0 Å². The van der Waals surface area contributed by atoms with Crippen LogP contribution in [-0.2, 0) is 9.53 Å². The van der Waals surface area contributed by atoms with Crippen LogP contribution in [-0.4, -0.2) is 35.2 Å². The predicted octanol–water partition coefficient (Wildman–Crippen LogP) is 2.64. The van der Waals surface area contributed by atoms with Gasteiger partial charge in [-0.05, 0) is 12.0 Å². The highest BCUT2D eigenvalue weighted by Gasteiger charge is 2.21. The van der Waals surface area contributed by atoms with E-state index in [4.69, 9.17) is 9.84 Å². The highest BCUT2D eigenvalue weighted by atomic mass is 32.2. The van der Waals surface area contributed by atoms with Gasteiger partial charge in [0, 0.05) is 5.75 Å². The number of carboxylic acids is 1. The van der Waals surface area contributed by atoms with Crippen LogP contribution in [0.3, 0.4) is 0 Å². The molecule has 108 valence electrons. The van der Waals surface area contributed by atoms with E-state index < -0.39 is 12.0 Å². The maximum Gasteiger partial charge on any atom is 0.305 e. The molecule has 0 aromatic rings. The number of hydrogen-bond acceptors (Lipinski definition) is 4. The quantitative estimate of drug-likeness (QED) is 0.530. The molecule has 0 radical (unpaired) electrons. The second kappa shape index (κ2) is 9.49. The molecule has 0 fully saturated rings. The normalized spacial score (nSPS) is 12.9. The third-order valence-corrected chi connectivity index (χ3v) is 3.29. The average molecular weight is 287 g/mol. The number of methoxy groups -OCH3 is 1. The predicted molar refractivity (Wildman–Crippen MR) is 77.2 cm³/mol. The molecule has 0 spiro atoms. The summed E-state index contributed by atoms with van der Waals surface area (Å²) in [6.07, 6.45) is 2.80. The van der Waals surface area contributed by atoms with Gasteiger partial charge in [-0.2, -0.15) is 0 Å². The first kappa shape index (κ1) is 17.6. The van der Waals surface area contributed by atoms with Crippen molar-refractivity contribution in [3.63, 3.8) is 0 Å². The number of nitrogens with one attached hydrogen (secondary N) is 1. The van der Waals surface area contributed by atoms with Gasteiger partial charge in [0.1, 0.15) is 5.76 Å². The van der Waals surface area contributed by atoms with Gasteiger partial charge < -0.3 is 15.2 Å². The fraction of sp³-hybridized carbons (Fsp3) is 0.538. The summed E-state index contributed by atoms with van der Waals surface area (Å²) < 4.78 is 5.08. The summed E-state index contributed by atoms with van der Waals surface area (Å²) in [5.41, 5.74) is 0. The Bertz CT molecular complexity index is 353. The summed E-state index contributed by atoms with van der Waals surface area (Å²) in [6.45, 7) is 7.54. The van der Waals surface area contributed by atoms with E-state index in [1.165, 1.54) is 13.2 Å². The standard InChI is InChI=1S/C13H21NO4S/c1-5-6-11(18-4)10(7-12(15)16)14-13(17)19-8-9(2)3/h5-6,9-10H,1,7-8H2,2-4H3,(H,14,17)(H,15,16)/b11-6-/t10-/m1/s1. The zero-order valence-corrected chi connectivity index (χ0v) is 12.3. The zero-order valence-electron chi connectivity index (χ0n) is 11.5. The minimum Gasteiger partial charge on any atom is -0.499 e. The summed E-state index contributed by atoms with van der Waals surface area (Å²) >= 11 is 1.13. The largest absolute Gasteiger partial charge is 0.499 e. The van der Waals surface area contributed by atoms with Crippen molar-refractivity contribution in [3.05, 3.63) is 24.5 Å². The molecule has 0 saturated heterocycles. The third kappa shape index (κ3) is 8.31. The van der Waals surface area contributed by atoms with Crippen LogP contribution >= 0.6 is 11.8 Å². The van der Waals surface area contributed by atoms with E-state index in [-0.39, 0.29) is 11.7 Å². The summed E-state index contributed by atoms with van der Waals surface area (Å²) in [7, 11) is 1.43. The Balaban J connectivity index is 4.67. The van der Waals surface area contributed by atoms with Gasteiger partial charge >= 0.3 is 5.97 Å². The number of carbonyl (C=O) groups excluding carboxylic acids is 1. The second-order valence-corrected chi connectivity index (χ2v) is 5.29. The average Bonchev–Trinajstić information content (AvgIpc) is 2.32. The number of rotatable bonds is 8. The number of ether oxygens (including phenoxy) is 1. The van der Waals surface area contributed by atoms with Gasteiger partial charge in [-0.15, -0.1) is 0 Å². The van der Waals surface area contributed by atoms with E-state index in [0.29, 0.717) is 17.4 Å². The van der Waals surface area contributed by atoms with Gasteiger partial charge in [-0.1, -0.05) is 38.3 Å². The Kier molecular flexibility index (Phi) is 8.78. The van der Waals surface area contributed by atoms with Gasteiger partial charge in [0.05, 0.1) is 19.6 Å². The molecular formula is C13H21NO4S. The van der Waals surface area contributed by atoms with Crippen LogP contribution < -0.4 is 5.32 Å². The number of hydrogen-bond donors (Lipinski definition) is 2. The molecule has 0 bridgehead atoms. The SMILES string of the molecule is C=C/C=C(\OC)[C@@H](CC(=O)O)NC(=O)SCC(C)C. The van der Waals surface area contributed by atoms with Crippen LogP contribution in [0, 0.1) is 5.92 Å². The molecule has 0 rings (SSSR count). The molecule has 0 heterocycles. The molecule has 6 heteroatoms. The Morgan fingerprint density at radius 2 is 2.11 bits per heavy atom. The van der Waals surface area contributed by atoms with Crippen molar-refractivity contribution in [2.24, 2.45) is 5.92 Å². The number of thioether (sulfide) groups is 1. The van der Waals surface area contributed by atoms with Crippen molar-refractivity contribution < 1.29 is 19.4 Å². The van der Waals surface area contributed by atoms with Gasteiger partial charge in [0.15, 0.2) is 0 Å². The van der Waals surface area contributed by atoms with Gasteiger partial charge in [-0.3, -0.25) is 9.59 Å². The van der Waals surface area contributed by atoms with E-state index in [9.17, 15) is 9.59 Å². The van der Waals surface area contributed by atoms with E-state index in [0.717, 1.165) is 11.8 Å². The van der Waals surface area contributed by atoms with E-state index in [1.807, 2.05) is 13.8 Å². The van der Waals surface area contributed by atoms with Gasteiger partial charge in [0.25, 0.3) is 5.24 Å². The minimum absolute atomic E-state index is 0.235. The first-order valence-corrected chi connectivity index (χ1v) is 6.90. The second-order valence-electron chi connectivity index (χ2n) is 4.30. The van der Waals surface area contributed by atoms with E-state index >= 15 is 0 Å². The first-order chi connectivity index (χ1) is 8.90. The molecular weight excluding hydrogens is 266 g/mol. The number of aliphatic carboxylic acids is 1. The van der Waals surface area contributed by atoms with Crippen molar-refractivity contribution in [1.82, 2.24) is 5.32 Å². The lowest BCUT2D eigenvalue weighted by molar-refractivity contribution is -0.137. The number of carbonyl (C=O) groups is 2. The molecule has 5 nitrogen and oxygen atoms in total. The Labute approximate surface area is 118 Å². The lowest BCUT2D eigenvalue weighted by Gasteiger charge is -2.19. The maximum absolute atomic E-state index is 11.7. The van der Waals surface area contributed by atoms with Crippen LogP contribution in [0.2, 0.25) is 0 Å². The lowest BCUT2D eigenvalue weighted by Crippen LogP contribution is -2.36. The molecule has 0 aromatic carbocycles. The minimum atomic E-state index is -1.01. The molecule has 19 heavy (non-hydrogen) atoms. The molecule has 2 N–H and O–H groups in total. The number of amides is 1. The fourth-order valence-corrected chi connectivity index (χ4v) is 1.98. The molecule has 0 aliphatic carbocycles. The maximum atomic E-state index is 11.7. The highest BCUT2D eigenvalue weighted by molar-refractivity contribution is 8.13. The van der Waals surface area contributed by atoms with Crippen molar-refractivity contribution >= 4 is 23.0 Å². The lowest BCUT2D eigenvalue weighted by atomic mass is 10.1. The van der Waals surface area contributed by atoms with E-state index in [2.05, 4.69) is 11.9 Å². The topological polar surface area (TPSA) is 75.6 Å². The van der Waals surface area contributed by atoms with Gasteiger partial charge in [0.2, 0.25) is 0 Å². The van der Waals surface area contributed by atoms with E-state index in [1.54, 1.807) is 6.08 Å². The Hall–Kier alpha value is -1.43. The van der Waals surface area contributed by atoms with Crippen molar-refractivity contribution in [2.75, 3.05) is 12.9 Å². The Morgan fingerprint density at radius 3 is 2.53 bits per heavy atom. The van der Waals surface area contributed by atoms with Crippen molar-refractivity contribution in [2.45, 2.75) is 26.3 Å². The molecule has 0 aliphatic heterocycles. The number of carboxylic acid groups (broad SMARTS) is 1. The summed E-state index contributed by atoms with van der Waals surface area (Å²) in [5.74, 6) is 0.431. The summed E-state index contributed by atoms with van der Waals surface area (Å²) in [6, 6.07) is -0.687. The summed E-state index contributed by atoms with van der Waals surface area (Å²) in [5, 5.41) is 11.2. The number of allylic oxidation sites excluding steroid dienone is 2. The zero-order chi connectivity index (χ0) is 14.8. The van der Waals surface area contributed by atoms with Crippen LogP contribution in [0.15, 0.2) is 24.5 Å². The van der Waals surface area contributed by atoms with Crippen LogP contribution in [0.1, 0.15) is 20.3 Å². The Morgan fingerprint density at radius 1 is 1.47 bits per heavy atom. The van der Waals surface area contributed by atoms with Crippen LogP contribution in [0.5, 0.6) is 0 Å².